The molecule has 0 aromatic rings. The topological polar surface area (TPSA) is 44.4 Å². The average molecular weight is 295 g/mol. The van der Waals surface area contributed by atoms with Crippen LogP contribution in [0.5, 0.6) is 0 Å². The van der Waals surface area contributed by atoms with E-state index in [1.165, 1.54) is 12.8 Å². The summed E-state index contributed by atoms with van der Waals surface area (Å²) in [5.74, 6) is 1.56. The Labute approximate surface area is 130 Å². The van der Waals surface area contributed by atoms with Crippen molar-refractivity contribution in [2.45, 2.75) is 65.0 Å². The van der Waals surface area contributed by atoms with Gasteiger partial charge in [-0.2, -0.15) is 0 Å². The van der Waals surface area contributed by atoms with Crippen molar-refractivity contribution < 1.29 is 4.79 Å². The number of nitrogens with zero attached hydrogens (tertiary/aromatic N) is 1. The summed E-state index contributed by atoms with van der Waals surface area (Å²) in [5.41, 5.74) is 0. The second-order valence-electron chi connectivity index (χ2n) is 6.99. The van der Waals surface area contributed by atoms with Crippen molar-refractivity contribution in [3.63, 3.8) is 0 Å². The summed E-state index contributed by atoms with van der Waals surface area (Å²) in [4.78, 5) is 14.8. The quantitative estimate of drug-likeness (QED) is 0.815. The van der Waals surface area contributed by atoms with Crippen LogP contribution in [0.1, 0.15) is 52.9 Å². The van der Waals surface area contributed by atoms with Gasteiger partial charge in [0.05, 0.1) is 6.54 Å². The number of rotatable bonds is 5. The van der Waals surface area contributed by atoms with E-state index in [1.807, 2.05) is 0 Å². The molecule has 21 heavy (non-hydrogen) atoms. The second-order valence-corrected chi connectivity index (χ2v) is 6.99. The van der Waals surface area contributed by atoms with E-state index in [1.54, 1.807) is 0 Å². The molecule has 2 aliphatic rings. The predicted molar refractivity (Wildman–Crippen MR) is 87.2 cm³/mol. The third kappa shape index (κ3) is 4.68. The van der Waals surface area contributed by atoms with Gasteiger partial charge in [0.15, 0.2) is 0 Å². The molecule has 4 heteroatoms. The third-order valence-corrected chi connectivity index (χ3v) is 5.63. The van der Waals surface area contributed by atoms with Gasteiger partial charge in [0.2, 0.25) is 5.91 Å². The molecule has 1 saturated heterocycles. The molecule has 2 N–H and O–H groups in total. The van der Waals surface area contributed by atoms with Crippen LogP contribution in [-0.4, -0.2) is 49.1 Å². The van der Waals surface area contributed by atoms with Crippen LogP contribution in [0.4, 0.5) is 0 Å². The second kappa shape index (κ2) is 8.14. The summed E-state index contributed by atoms with van der Waals surface area (Å²) in [5, 5.41) is 6.70. The summed E-state index contributed by atoms with van der Waals surface area (Å²) in [6.07, 6.45) is 6.04. The fourth-order valence-electron chi connectivity index (χ4n) is 3.89. The van der Waals surface area contributed by atoms with Crippen LogP contribution >= 0.6 is 0 Å². The van der Waals surface area contributed by atoms with Crippen LogP contribution in [0.15, 0.2) is 0 Å². The van der Waals surface area contributed by atoms with Gasteiger partial charge in [-0.05, 0) is 50.7 Å². The fourth-order valence-corrected chi connectivity index (χ4v) is 3.89. The number of hydrogen-bond acceptors (Lipinski definition) is 3. The molecule has 2 rings (SSSR count). The van der Waals surface area contributed by atoms with Crippen molar-refractivity contribution in [2.75, 3.05) is 26.2 Å². The number of piperidine rings is 1. The molecule has 3 atom stereocenters. The standard InChI is InChI=1S/C17H33N3O/c1-4-20(15-8-10-18-11-9-15)12-17(21)19-16-7-5-6-13(2)14(16)3/h13-16,18H,4-12H2,1-3H3,(H,19,21). The summed E-state index contributed by atoms with van der Waals surface area (Å²) in [6.45, 7) is 10.5. The first-order valence-corrected chi connectivity index (χ1v) is 8.86. The van der Waals surface area contributed by atoms with Crippen molar-refractivity contribution in [1.82, 2.24) is 15.5 Å². The number of carbonyl (C=O) groups excluding carboxylic acids is 1. The SMILES string of the molecule is CCN(CC(=O)NC1CCCC(C)C1C)C1CCNCC1. The van der Waals surface area contributed by atoms with Crippen LogP contribution in [0.3, 0.4) is 0 Å². The summed E-state index contributed by atoms with van der Waals surface area (Å²) in [6, 6.07) is 0.956. The van der Waals surface area contributed by atoms with Crippen LogP contribution in [0.25, 0.3) is 0 Å². The molecule has 1 amide bonds. The van der Waals surface area contributed by atoms with Crippen LogP contribution in [0, 0.1) is 11.8 Å². The van der Waals surface area contributed by atoms with Crippen molar-refractivity contribution in [3.8, 4) is 0 Å². The highest BCUT2D eigenvalue weighted by Gasteiger charge is 2.29. The number of hydrogen-bond donors (Lipinski definition) is 2. The fraction of sp³-hybridized carbons (Fsp3) is 0.941. The normalized spacial score (nSPS) is 31.3. The van der Waals surface area contributed by atoms with E-state index < -0.39 is 0 Å². The highest BCUT2D eigenvalue weighted by molar-refractivity contribution is 5.78. The van der Waals surface area contributed by atoms with Gasteiger partial charge in [-0.25, -0.2) is 0 Å². The maximum Gasteiger partial charge on any atom is 0.234 e. The van der Waals surface area contributed by atoms with E-state index in [0.29, 0.717) is 24.5 Å². The van der Waals surface area contributed by atoms with Crippen molar-refractivity contribution >= 4 is 5.91 Å². The van der Waals surface area contributed by atoms with Gasteiger partial charge in [-0.15, -0.1) is 0 Å². The van der Waals surface area contributed by atoms with E-state index in [4.69, 9.17) is 0 Å². The Hall–Kier alpha value is -0.610. The van der Waals surface area contributed by atoms with Crippen molar-refractivity contribution in [1.29, 1.82) is 0 Å². The zero-order chi connectivity index (χ0) is 15.2. The monoisotopic (exact) mass is 295 g/mol. The van der Waals surface area contributed by atoms with E-state index >= 15 is 0 Å². The molecule has 122 valence electrons. The van der Waals surface area contributed by atoms with Crippen LogP contribution in [0.2, 0.25) is 0 Å². The Morgan fingerprint density at radius 1 is 1.19 bits per heavy atom. The van der Waals surface area contributed by atoms with Crippen molar-refractivity contribution in [2.24, 2.45) is 11.8 Å². The van der Waals surface area contributed by atoms with Gasteiger partial charge in [0.1, 0.15) is 0 Å². The lowest BCUT2D eigenvalue weighted by atomic mass is 9.78. The molecule has 0 aromatic carbocycles. The highest BCUT2D eigenvalue weighted by atomic mass is 16.2. The molecule has 4 nitrogen and oxygen atoms in total. The van der Waals surface area contributed by atoms with Crippen molar-refractivity contribution in [3.05, 3.63) is 0 Å². The molecule has 1 aliphatic heterocycles. The highest BCUT2D eigenvalue weighted by Crippen LogP contribution is 2.29. The van der Waals surface area contributed by atoms with Gasteiger partial charge in [0.25, 0.3) is 0 Å². The lowest BCUT2D eigenvalue weighted by molar-refractivity contribution is -0.124. The molecule has 2 fully saturated rings. The molecule has 0 spiro atoms. The Morgan fingerprint density at radius 2 is 1.90 bits per heavy atom. The third-order valence-electron chi connectivity index (χ3n) is 5.63. The first kappa shape index (κ1) is 16.8. The van der Waals surface area contributed by atoms with E-state index in [9.17, 15) is 4.79 Å². The van der Waals surface area contributed by atoms with Gasteiger partial charge < -0.3 is 10.6 Å². The smallest absolute Gasteiger partial charge is 0.234 e. The predicted octanol–water partition coefficient (Wildman–Crippen LogP) is 2.00. The summed E-state index contributed by atoms with van der Waals surface area (Å²) < 4.78 is 0. The first-order chi connectivity index (χ1) is 10.1. The maximum atomic E-state index is 12.4. The minimum absolute atomic E-state index is 0.223. The van der Waals surface area contributed by atoms with Crippen LogP contribution < -0.4 is 10.6 Å². The number of carbonyl (C=O) groups is 1. The lowest BCUT2D eigenvalue weighted by Crippen LogP contribution is -2.50. The number of likely N-dealkylation sites (N-methyl/N-ethyl adjacent to an activating group) is 1. The number of amides is 1. The Morgan fingerprint density at radius 3 is 2.57 bits per heavy atom. The molecule has 1 aliphatic carbocycles. The zero-order valence-electron chi connectivity index (χ0n) is 14.0. The van der Waals surface area contributed by atoms with Gasteiger partial charge in [-0.3, -0.25) is 9.69 Å². The molecular formula is C17H33N3O. The molecule has 3 unspecified atom stereocenters. The Balaban J connectivity index is 1.81. The lowest BCUT2D eigenvalue weighted by Gasteiger charge is -2.36. The summed E-state index contributed by atoms with van der Waals surface area (Å²) in [7, 11) is 0. The van der Waals surface area contributed by atoms with Gasteiger partial charge >= 0.3 is 0 Å². The Kier molecular flexibility index (Phi) is 6.49. The van der Waals surface area contributed by atoms with E-state index in [-0.39, 0.29) is 5.91 Å². The molecule has 0 aromatic heterocycles. The molecule has 0 radical (unpaired) electrons. The minimum atomic E-state index is 0.223. The van der Waals surface area contributed by atoms with Crippen LogP contribution in [-0.2, 0) is 4.79 Å². The molecule has 0 bridgehead atoms. The summed E-state index contributed by atoms with van der Waals surface area (Å²) >= 11 is 0. The van der Waals surface area contributed by atoms with Gasteiger partial charge in [0, 0.05) is 12.1 Å². The zero-order valence-corrected chi connectivity index (χ0v) is 14.0. The molecular weight excluding hydrogens is 262 g/mol. The minimum Gasteiger partial charge on any atom is -0.352 e. The molecule has 1 saturated carbocycles. The van der Waals surface area contributed by atoms with E-state index in [0.717, 1.165) is 44.8 Å². The maximum absolute atomic E-state index is 12.4. The largest absolute Gasteiger partial charge is 0.352 e. The molecule has 1 heterocycles. The average Bonchev–Trinajstić information content (AvgIpc) is 2.50. The Bertz CT molecular complexity index is 328. The van der Waals surface area contributed by atoms with Gasteiger partial charge in [-0.1, -0.05) is 33.6 Å². The first-order valence-electron chi connectivity index (χ1n) is 8.86. The van der Waals surface area contributed by atoms with E-state index in [2.05, 4.69) is 36.3 Å². The number of nitrogens with one attached hydrogen (secondary N) is 2.